The van der Waals surface area contributed by atoms with Gasteiger partial charge in [-0.05, 0) is 24.6 Å². The van der Waals surface area contributed by atoms with E-state index in [1.54, 1.807) is 0 Å². The van der Waals surface area contributed by atoms with Crippen molar-refractivity contribution >= 4 is 5.97 Å². The minimum Gasteiger partial charge on any atom is -0.492 e. The first-order valence-corrected chi connectivity index (χ1v) is 6.82. The minimum absolute atomic E-state index is 0.270. The van der Waals surface area contributed by atoms with Gasteiger partial charge in [-0.1, -0.05) is 30.3 Å². The topological polar surface area (TPSA) is 35.5 Å². The molecule has 2 aromatic rings. The Kier molecular flexibility index (Phi) is 3.42. The average Bonchev–Trinajstić information content (AvgIpc) is 2.96. The summed E-state index contributed by atoms with van der Waals surface area (Å²) in [5, 5.41) is 0. The van der Waals surface area contributed by atoms with Crippen molar-refractivity contribution in [2.45, 2.75) is 13.3 Å². The van der Waals surface area contributed by atoms with E-state index in [4.69, 9.17) is 9.47 Å². The molecule has 2 aromatic carbocycles. The van der Waals surface area contributed by atoms with E-state index in [0.717, 1.165) is 28.9 Å². The molecule has 0 amide bonds. The van der Waals surface area contributed by atoms with Crippen molar-refractivity contribution in [2.75, 3.05) is 13.2 Å². The highest BCUT2D eigenvalue weighted by Crippen LogP contribution is 2.38. The van der Waals surface area contributed by atoms with Crippen molar-refractivity contribution in [1.82, 2.24) is 0 Å². The van der Waals surface area contributed by atoms with Crippen molar-refractivity contribution < 1.29 is 14.3 Å². The summed E-state index contributed by atoms with van der Waals surface area (Å²) in [5.41, 5.74) is 3.72. The van der Waals surface area contributed by atoms with Crippen molar-refractivity contribution in [3.8, 4) is 16.9 Å². The Balaban J connectivity index is 2.08. The molecule has 1 aliphatic heterocycles. The maximum absolute atomic E-state index is 12.0. The minimum atomic E-state index is -0.270. The first-order chi connectivity index (χ1) is 9.81. The highest BCUT2D eigenvalue weighted by atomic mass is 16.5. The molecule has 0 fully saturated rings. The van der Waals surface area contributed by atoms with E-state index in [1.807, 2.05) is 49.4 Å². The zero-order valence-corrected chi connectivity index (χ0v) is 11.4. The molecule has 0 bridgehead atoms. The molecule has 0 saturated heterocycles. The van der Waals surface area contributed by atoms with E-state index >= 15 is 0 Å². The summed E-state index contributed by atoms with van der Waals surface area (Å²) < 4.78 is 10.8. The van der Waals surface area contributed by atoms with Crippen LogP contribution in [0.15, 0.2) is 42.5 Å². The third-order valence-electron chi connectivity index (χ3n) is 3.44. The Morgan fingerprint density at radius 3 is 2.75 bits per heavy atom. The van der Waals surface area contributed by atoms with E-state index in [9.17, 15) is 4.79 Å². The first kappa shape index (κ1) is 12.7. The second-order valence-electron chi connectivity index (χ2n) is 4.65. The lowest BCUT2D eigenvalue weighted by molar-refractivity contribution is 0.0525. The number of benzene rings is 2. The molecule has 0 unspecified atom stereocenters. The van der Waals surface area contributed by atoms with Crippen LogP contribution in [0.3, 0.4) is 0 Å². The molecule has 20 heavy (non-hydrogen) atoms. The average molecular weight is 268 g/mol. The van der Waals surface area contributed by atoms with Crippen LogP contribution in [0.2, 0.25) is 0 Å². The Bertz CT molecular complexity index is 632. The van der Waals surface area contributed by atoms with E-state index in [2.05, 4.69) is 0 Å². The third kappa shape index (κ3) is 2.16. The number of esters is 1. The van der Waals surface area contributed by atoms with Crippen LogP contribution < -0.4 is 4.74 Å². The molecular formula is C17H16O3. The molecule has 0 atom stereocenters. The van der Waals surface area contributed by atoms with Crippen LogP contribution in [0, 0.1) is 0 Å². The number of ether oxygens (including phenoxy) is 2. The summed E-state index contributed by atoms with van der Waals surface area (Å²) in [6.45, 7) is 2.81. The van der Waals surface area contributed by atoms with Crippen LogP contribution in [-0.2, 0) is 11.2 Å². The van der Waals surface area contributed by atoms with Crippen molar-refractivity contribution in [3.05, 3.63) is 53.6 Å². The van der Waals surface area contributed by atoms with Gasteiger partial charge in [0.25, 0.3) is 0 Å². The summed E-state index contributed by atoms with van der Waals surface area (Å²) >= 11 is 0. The van der Waals surface area contributed by atoms with E-state index in [-0.39, 0.29) is 5.97 Å². The van der Waals surface area contributed by atoms with Crippen LogP contribution in [0.4, 0.5) is 0 Å². The van der Waals surface area contributed by atoms with Gasteiger partial charge in [-0.3, -0.25) is 0 Å². The number of fused-ring (bicyclic) bond motifs is 1. The predicted octanol–water partition coefficient (Wildman–Crippen LogP) is 3.47. The van der Waals surface area contributed by atoms with Gasteiger partial charge in [0.2, 0.25) is 0 Å². The SMILES string of the molecule is CCOC(=O)c1ccc(-c2ccccc2)c2c1CCO2. The lowest BCUT2D eigenvalue weighted by Crippen LogP contribution is -2.07. The molecule has 0 N–H and O–H groups in total. The quantitative estimate of drug-likeness (QED) is 0.800. The van der Waals surface area contributed by atoms with E-state index in [1.165, 1.54) is 0 Å². The monoisotopic (exact) mass is 268 g/mol. The highest BCUT2D eigenvalue weighted by Gasteiger charge is 2.24. The summed E-state index contributed by atoms with van der Waals surface area (Å²) in [4.78, 5) is 12.0. The van der Waals surface area contributed by atoms with Gasteiger partial charge in [-0.2, -0.15) is 0 Å². The maximum Gasteiger partial charge on any atom is 0.338 e. The normalized spacial score (nSPS) is 12.7. The molecule has 1 aliphatic rings. The predicted molar refractivity (Wildman–Crippen MR) is 77.0 cm³/mol. The Morgan fingerprint density at radius 1 is 1.20 bits per heavy atom. The largest absolute Gasteiger partial charge is 0.492 e. The maximum atomic E-state index is 12.0. The molecule has 3 nitrogen and oxygen atoms in total. The fourth-order valence-corrected chi connectivity index (χ4v) is 2.54. The second kappa shape index (κ2) is 5.37. The van der Waals surface area contributed by atoms with Gasteiger partial charge in [0.05, 0.1) is 18.8 Å². The molecule has 0 aromatic heterocycles. The number of carbonyl (C=O) groups excluding carboxylic acids is 1. The molecule has 0 spiro atoms. The molecule has 1 heterocycles. The number of carbonyl (C=O) groups is 1. The lowest BCUT2D eigenvalue weighted by Gasteiger charge is -2.11. The van der Waals surface area contributed by atoms with Gasteiger partial charge < -0.3 is 9.47 Å². The van der Waals surface area contributed by atoms with E-state index < -0.39 is 0 Å². The van der Waals surface area contributed by atoms with Crippen LogP contribution in [0.5, 0.6) is 5.75 Å². The molecule has 3 rings (SSSR count). The zero-order valence-electron chi connectivity index (χ0n) is 11.4. The Hall–Kier alpha value is -2.29. The molecule has 102 valence electrons. The Labute approximate surface area is 118 Å². The van der Waals surface area contributed by atoms with Gasteiger partial charge in [0.15, 0.2) is 0 Å². The van der Waals surface area contributed by atoms with Crippen LogP contribution >= 0.6 is 0 Å². The summed E-state index contributed by atoms with van der Waals surface area (Å²) in [7, 11) is 0. The first-order valence-electron chi connectivity index (χ1n) is 6.82. The number of hydrogen-bond acceptors (Lipinski definition) is 3. The van der Waals surface area contributed by atoms with Crippen molar-refractivity contribution in [3.63, 3.8) is 0 Å². The smallest absolute Gasteiger partial charge is 0.338 e. The molecule has 3 heteroatoms. The van der Waals surface area contributed by atoms with Crippen molar-refractivity contribution in [2.24, 2.45) is 0 Å². The molecule has 0 saturated carbocycles. The van der Waals surface area contributed by atoms with Gasteiger partial charge in [0, 0.05) is 17.5 Å². The highest BCUT2D eigenvalue weighted by molar-refractivity contribution is 5.94. The zero-order chi connectivity index (χ0) is 13.9. The van der Waals surface area contributed by atoms with Crippen molar-refractivity contribution in [1.29, 1.82) is 0 Å². The molecular weight excluding hydrogens is 252 g/mol. The fraction of sp³-hybridized carbons (Fsp3) is 0.235. The van der Waals surface area contributed by atoms with Crippen LogP contribution in [-0.4, -0.2) is 19.2 Å². The standard InChI is InChI=1S/C17H16O3/c1-2-19-17(18)15-9-8-13(12-6-4-3-5-7-12)16-14(15)10-11-20-16/h3-9H,2,10-11H2,1H3. The molecule has 0 radical (unpaired) electrons. The van der Waals surface area contributed by atoms with Crippen LogP contribution in [0.1, 0.15) is 22.8 Å². The summed E-state index contributed by atoms with van der Waals surface area (Å²) in [5.74, 6) is 0.551. The van der Waals surface area contributed by atoms with Crippen LogP contribution in [0.25, 0.3) is 11.1 Å². The van der Waals surface area contributed by atoms with Gasteiger partial charge >= 0.3 is 5.97 Å². The fourth-order valence-electron chi connectivity index (χ4n) is 2.54. The van der Waals surface area contributed by atoms with Gasteiger partial charge in [-0.15, -0.1) is 0 Å². The van der Waals surface area contributed by atoms with Gasteiger partial charge in [0.1, 0.15) is 5.75 Å². The van der Waals surface area contributed by atoms with Gasteiger partial charge in [-0.25, -0.2) is 4.79 Å². The number of hydrogen-bond donors (Lipinski definition) is 0. The van der Waals surface area contributed by atoms with E-state index in [0.29, 0.717) is 18.8 Å². The summed E-state index contributed by atoms with van der Waals surface area (Å²) in [6, 6.07) is 13.8. The third-order valence-corrected chi connectivity index (χ3v) is 3.44. The molecule has 0 aliphatic carbocycles. The lowest BCUT2D eigenvalue weighted by atomic mass is 9.97. The Morgan fingerprint density at radius 2 is 2.00 bits per heavy atom. The number of rotatable bonds is 3. The summed E-state index contributed by atoms with van der Waals surface area (Å²) in [6.07, 6.45) is 0.754. The second-order valence-corrected chi connectivity index (χ2v) is 4.65.